The molecular weight excluding hydrogens is 324 g/mol. The number of hydrogen-bond acceptors (Lipinski definition) is 3. The number of ether oxygens (including phenoxy) is 2. The second kappa shape index (κ2) is 9.09. The molecule has 25 heavy (non-hydrogen) atoms. The predicted octanol–water partition coefficient (Wildman–Crippen LogP) is 4.45. The Kier molecular flexibility index (Phi) is 7.66. The largest absolute Gasteiger partial charge is 0.380 e. The van der Waals surface area contributed by atoms with Gasteiger partial charge >= 0.3 is 0 Å². The highest BCUT2D eigenvalue weighted by Crippen LogP contribution is 2.40. The van der Waals surface area contributed by atoms with Crippen LogP contribution in [0.3, 0.4) is 0 Å². The molecule has 0 saturated carbocycles. The van der Waals surface area contributed by atoms with Gasteiger partial charge in [0.15, 0.2) is 0 Å². The molecule has 3 nitrogen and oxygen atoms in total. The zero-order chi connectivity index (χ0) is 18.7. The lowest BCUT2D eigenvalue weighted by Gasteiger charge is -2.44. The average molecular weight is 362 g/mol. The van der Waals surface area contributed by atoms with Crippen molar-refractivity contribution in [3.63, 3.8) is 0 Å². The molecule has 0 N–H and O–H groups in total. The van der Waals surface area contributed by atoms with E-state index in [0.717, 1.165) is 12.8 Å². The Hall–Kier alpha value is -0.260. The lowest BCUT2D eigenvalue weighted by Crippen LogP contribution is -2.55. The first kappa shape index (κ1) is 21.0. The van der Waals surface area contributed by atoms with Crippen LogP contribution in [0.25, 0.3) is 0 Å². The molecule has 0 aromatic heterocycles. The van der Waals surface area contributed by atoms with Crippen LogP contribution < -0.4 is 0 Å². The van der Waals surface area contributed by atoms with Gasteiger partial charge in [-0.2, -0.15) is 0 Å². The number of fused-ring (bicyclic) bond motifs is 1. The summed E-state index contributed by atoms with van der Waals surface area (Å²) in [4.78, 5) is 2.05. The van der Waals surface area contributed by atoms with Crippen molar-refractivity contribution in [3.05, 3.63) is 0 Å². The van der Waals surface area contributed by atoms with Crippen molar-refractivity contribution in [2.24, 2.45) is 23.7 Å². The van der Waals surface area contributed by atoms with Gasteiger partial charge in [-0.1, -0.05) is 41.5 Å². The Bertz CT molecular complexity index is 403. The Morgan fingerprint density at radius 2 is 1.68 bits per heavy atom. The fourth-order valence-corrected chi connectivity index (χ4v) is 4.91. The summed E-state index contributed by atoms with van der Waals surface area (Å²) in [5.74, 6) is 1.27. The van der Waals surface area contributed by atoms with Crippen molar-refractivity contribution in [1.29, 1.82) is 0 Å². The van der Waals surface area contributed by atoms with Crippen molar-refractivity contribution in [2.45, 2.75) is 85.1 Å². The van der Waals surface area contributed by atoms with E-state index in [1.807, 2.05) is 0 Å². The molecule has 2 rings (SSSR count). The molecule has 5 atom stereocenters. The Morgan fingerprint density at radius 1 is 1.00 bits per heavy atom. The lowest BCUT2D eigenvalue weighted by molar-refractivity contribution is -0.0791. The van der Waals surface area contributed by atoms with Gasteiger partial charge in [0.2, 0.25) is 0 Å². The summed E-state index contributed by atoms with van der Waals surface area (Å²) < 4.78 is 39.5. The normalized spacial score (nSPS) is 35.3. The van der Waals surface area contributed by atoms with Crippen molar-refractivity contribution in [3.8, 4) is 0 Å². The molecule has 0 aromatic rings. The van der Waals surface area contributed by atoms with Crippen molar-refractivity contribution in [1.82, 2.24) is 4.90 Å². The van der Waals surface area contributed by atoms with Crippen LogP contribution in [-0.4, -0.2) is 55.4 Å². The Morgan fingerprint density at radius 3 is 2.20 bits per heavy atom. The van der Waals surface area contributed by atoms with E-state index >= 15 is 0 Å². The van der Waals surface area contributed by atoms with Crippen LogP contribution in [0.5, 0.6) is 0 Å². The van der Waals surface area contributed by atoms with E-state index in [4.69, 9.17) is 9.47 Å². The SMILES string of the molecule is CC(C)C1OC2CCCOCC2N(CC(F)F)C(C(C)C)C1C(C)C. The van der Waals surface area contributed by atoms with Crippen molar-refractivity contribution < 1.29 is 18.3 Å². The number of hydrogen-bond donors (Lipinski definition) is 0. The van der Waals surface area contributed by atoms with Crippen LogP contribution in [0.1, 0.15) is 54.4 Å². The number of alkyl halides is 2. The highest BCUT2D eigenvalue weighted by Gasteiger charge is 2.48. The summed E-state index contributed by atoms with van der Waals surface area (Å²) in [5, 5.41) is 0. The van der Waals surface area contributed by atoms with Gasteiger partial charge in [0, 0.05) is 18.6 Å². The quantitative estimate of drug-likeness (QED) is 0.722. The van der Waals surface area contributed by atoms with E-state index in [1.165, 1.54) is 0 Å². The zero-order valence-corrected chi connectivity index (χ0v) is 16.8. The van der Waals surface area contributed by atoms with E-state index in [9.17, 15) is 8.78 Å². The topological polar surface area (TPSA) is 21.7 Å². The van der Waals surface area contributed by atoms with Gasteiger partial charge in [-0.3, -0.25) is 4.90 Å². The molecule has 5 heteroatoms. The third-order valence-electron chi connectivity index (χ3n) is 5.87. The molecule has 2 saturated heterocycles. The molecule has 148 valence electrons. The third kappa shape index (κ3) is 4.92. The lowest BCUT2D eigenvalue weighted by atomic mass is 9.75. The van der Waals surface area contributed by atoms with Crippen LogP contribution in [0.15, 0.2) is 0 Å². The molecule has 2 heterocycles. The Balaban J connectivity index is 2.49. The molecule has 0 bridgehead atoms. The first-order chi connectivity index (χ1) is 11.7. The minimum absolute atomic E-state index is 0.0151. The van der Waals surface area contributed by atoms with Crippen LogP contribution in [0.4, 0.5) is 8.78 Å². The second-order valence-electron chi connectivity index (χ2n) is 8.81. The molecule has 5 unspecified atom stereocenters. The molecule has 0 aromatic carbocycles. The summed E-state index contributed by atoms with van der Waals surface area (Å²) in [7, 11) is 0. The maximum absolute atomic E-state index is 13.5. The van der Waals surface area contributed by atoms with Gasteiger partial charge in [-0.25, -0.2) is 8.78 Å². The van der Waals surface area contributed by atoms with E-state index in [0.29, 0.717) is 25.0 Å². The maximum atomic E-state index is 13.5. The van der Waals surface area contributed by atoms with E-state index in [2.05, 4.69) is 46.4 Å². The maximum Gasteiger partial charge on any atom is 0.251 e. The number of nitrogens with zero attached hydrogens (tertiary/aromatic N) is 1. The second-order valence-corrected chi connectivity index (χ2v) is 8.81. The molecule has 0 spiro atoms. The molecule has 2 aliphatic heterocycles. The highest BCUT2D eigenvalue weighted by atomic mass is 19.3. The van der Waals surface area contributed by atoms with Crippen LogP contribution in [-0.2, 0) is 9.47 Å². The van der Waals surface area contributed by atoms with Gasteiger partial charge in [-0.15, -0.1) is 0 Å². The fraction of sp³-hybridized carbons (Fsp3) is 1.00. The van der Waals surface area contributed by atoms with Crippen LogP contribution in [0, 0.1) is 23.7 Å². The number of halogens is 2. The smallest absolute Gasteiger partial charge is 0.251 e. The van der Waals surface area contributed by atoms with Gasteiger partial charge in [0.25, 0.3) is 6.43 Å². The summed E-state index contributed by atoms with van der Waals surface area (Å²) in [6.45, 7) is 14.1. The molecule has 0 radical (unpaired) electrons. The predicted molar refractivity (Wildman–Crippen MR) is 97.0 cm³/mol. The van der Waals surface area contributed by atoms with E-state index in [1.54, 1.807) is 0 Å². The van der Waals surface area contributed by atoms with Gasteiger partial charge in [0.05, 0.1) is 31.4 Å². The van der Waals surface area contributed by atoms with Gasteiger partial charge in [-0.05, 0) is 30.6 Å². The van der Waals surface area contributed by atoms with Gasteiger partial charge < -0.3 is 9.47 Å². The molecule has 0 aliphatic carbocycles. The van der Waals surface area contributed by atoms with E-state index in [-0.39, 0.29) is 42.7 Å². The zero-order valence-electron chi connectivity index (χ0n) is 16.8. The number of rotatable bonds is 5. The average Bonchev–Trinajstić information content (AvgIpc) is 2.78. The minimum Gasteiger partial charge on any atom is -0.380 e. The van der Waals surface area contributed by atoms with E-state index < -0.39 is 6.43 Å². The summed E-state index contributed by atoms with van der Waals surface area (Å²) >= 11 is 0. The highest BCUT2D eigenvalue weighted by molar-refractivity contribution is 4.98. The summed E-state index contributed by atoms with van der Waals surface area (Å²) in [6.07, 6.45) is -0.427. The van der Waals surface area contributed by atoms with Crippen molar-refractivity contribution in [2.75, 3.05) is 19.8 Å². The van der Waals surface area contributed by atoms with Gasteiger partial charge in [0.1, 0.15) is 0 Å². The minimum atomic E-state index is -2.34. The molecule has 2 fully saturated rings. The van der Waals surface area contributed by atoms with Crippen LogP contribution >= 0.6 is 0 Å². The molecule has 2 aliphatic rings. The van der Waals surface area contributed by atoms with Crippen molar-refractivity contribution >= 4 is 0 Å². The van der Waals surface area contributed by atoms with Crippen LogP contribution in [0.2, 0.25) is 0 Å². The summed E-state index contributed by atoms with van der Waals surface area (Å²) in [5.41, 5.74) is 0. The molecule has 0 amide bonds. The standard InChI is InChI=1S/C20H37F2NO2/c1-12(2)18-19(13(3)4)23(10-17(21)22)15-11-24-9-7-8-16(15)25-20(18)14(5)6/h12-20H,7-11H2,1-6H3. The molecular formula is C20H37F2NO2. The first-order valence-electron chi connectivity index (χ1n) is 10.0. The third-order valence-corrected chi connectivity index (χ3v) is 5.87. The summed E-state index contributed by atoms with van der Waals surface area (Å²) in [6, 6.07) is 0.00648. The Labute approximate surface area is 152 Å². The monoisotopic (exact) mass is 361 g/mol. The fourth-order valence-electron chi connectivity index (χ4n) is 4.91. The first-order valence-corrected chi connectivity index (χ1v) is 10.0.